The summed E-state index contributed by atoms with van der Waals surface area (Å²) in [6, 6.07) is 0.363. The highest BCUT2D eigenvalue weighted by Crippen LogP contribution is 2.38. The van der Waals surface area contributed by atoms with Gasteiger partial charge in [-0.1, -0.05) is 25.1 Å². The average Bonchev–Trinajstić information content (AvgIpc) is 2.90. The van der Waals surface area contributed by atoms with Gasteiger partial charge in [-0.25, -0.2) is 0 Å². The lowest BCUT2D eigenvalue weighted by Crippen LogP contribution is -2.56. The summed E-state index contributed by atoms with van der Waals surface area (Å²) in [5.41, 5.74) is 5.25. The standard InChI is InChI=1S/C14H26N4OS/c1-17-7-8-18(2)11(10-17)9-16-13(19)14(12(15)20)5-3-4-6-14/h11H,3-10H2,1-2H3,(H2,15,20)(H,16,19). The van der Waals surface area contributed by atoms with Gasteiger partial charge in [0.15, 0.2) is 0 Å². The van der Waals surface area contributed by atoms with Crippen LogP contribution in [-0.2, 0) is 4.79 Å². The van der Waals surface area contributed by atoms with E-state index in [1.54, 1.807) is 0 Å². The van der Waals surface area contributed by atoms with Gasteiger partial charge < -0.3 is 16.0 Å². The number of piperazine rings is 1. The molecular formula is C14H26N4OS. The summed E-state index contributed by atoms with van der Waals surface area (Å²) in [5, 5.41) is 3.09. The van der Waals surface area contributed by atoms with Crippen molar-refractivity contribution in [2.75, 3.05) is 40.3 Å². The maximum atomic E-state index is 12.5. The average molecular weight is 298 g/mol. The van der Waals surface area contributed by atoms with E-state index in [0.29, 0.717) is 17.6 Å². The molecular weight excluding hydrogens is 272 g/mol. The van der Waals surface area contributed by atoms with Crippen LogP contribution in [0.15, 0.2) is 0 Å². The summed E-state index contributed by atoms with van der Waals surface area (Å²) in [7, 11) is 4.23. The van der Waals surface area contributed by atoms with E-state index < -0.39 is 5.41 Å². The molecule has 1 heterocycles. The van der Waals surface area contributed by atoms with Crippen molar-refractivity contribution < 1.29 is 4.79 Å². The Balaban J connectivity index is 1.92. The number of amides is 1. The number of rotatable bonds is 4. The largest absolute Gasteiger partial charge is 0.392 e. The third kappa shape index (κ3) is 3.13. The van der Waals surface area contributed by atoms with Gasteiger partial charge >= 0.3 is 0 Å². The highest BCUT2D eigenvalue weighted by Gasteiger charge is 2.44. The molecule has 1 atom stereocenters. The fourth-order valence-corrected chi connectivity index (χ4v) is 3.56. The number of hydrogen-bond donors (Lipinski definition) is 2. The van der Waals surface area contributed by atoms with Crippen LogP contribution in [0.5, 0.6) is 0 Å². The topological polar surface area (TPSA) is 61.6 Å². The van der Waals surface area contributed by atoms with Crippen LogP contribution in [0.2, 0.25) is 0 Å². The third-order valence-electron chi connectivity index (χ3n) is 4.84. The second kappa shape index (κ2) is 6.37. The molecule has 114 valence electrons. The molecule has 5 nitrogen and oxygen atoms in total. The minimum atomic E-state index is -0.589. The number of nitrogens with zero attached hydrogens (tertiary/aromatic N) is 2. The number of carbonyl (C=O) groups excluding carboxylic acids is 1. The molecule has 2 fully saturated rings. The zero-order valence-corrected chi connectivity index (χ0v) is 13.3. The van der Waals surface area contributed by atoms with E-state index in [2.05, 4.69) is 29.2 Å². The second-order valence-corrected chi connectivity index (χ2v) is 6.70. The quantitative estimate of drug-likeness (QED) is 0.726. The Kier molecular flexibility index (Phi) is 4.99. The molecule has 2 aliphatic rings. The van der Waals surface area contributed by atoms with Gasteiger partial charge in [-0.2, -0.15) is 0 Å². The molecule has 0 bridgehead atoms. The number of nitrogens with two attached hydrogens (primary N) is 1. The molecule has 1 aliphatic carbocycles. The predicted octanol–water partition coefficient (Wildman–Crippen LogP) is 0.195. The molecule has 0 aromatic carbocycles. The van der Waals surface area contributed by atoms with Crippen molar-refractivity contribution in [3.05, 3.63) is 0 Å². The molecule has 6 heteroatoms. The first-order chi connectivity index (χ1) is 9.45. The molecule has 0 aromatic rings. The van der Waals surface area contributed by atoms with Gasteiger partial charge in [0.05, 0.1) is 10.4 Å². The van der Waals surface area contributed by atoms with E-state index in [4.69, 9.17) is 18.0 Å². The molecule has 2 rings (SSSR count). The molecule has 1 saturated heterocycles. The van der Waals surface area contributed by atoms with Gasteiger partial charge in [-0.15, -0.1) is 0 Å². The van der Waals surface area contributed by atoms with Crippen molar-refractivity contribution in [2.45, 2.75) is 31.7 Å². The van der Waals surface area contributed by atoms with Crippen LogP contribution in [0.4, 0.5) is 0 Å². The minimum Gasteiger partial charge on any atom is -0.392 e. The Morgan fingerprint density at radius 3 is 2.60 bits per heavy atom. The van der Waals surface area contributed by atoms with Crippen LogP contribution < -0.4 is 11.1 Å². The number of nitrogens with one attached hydrogen (secondary N) is 1. The van der Waals surface area contributed by atoms with Gasteiger partial charge in [-0.05, 0) is 26.9 Å². The maximum absolute atomic E-state index is 12.5. The van der Waals surface area contributed by atoms with Gasteiger partial charge in [0.2, 0.25) is 5.91 Å². The van der Waals surface area contributed by atoms with Crippen molar-refractivity contribution in [1.29, 1.82) is 0 Å². The summed E-state index contributed by atoms with van der Waals surface area (Å²) in [6.07, 6.45) is 3.68. The van der Waals surface area contributed by atoms with E-state index in [1.165, 1.54) is 0 Å². The van der Waals surface area contributed by atoms with E-state index in [9.17, 15) is 4.79 Å². The summed E-state index contributed by atoms with van der Waals surface area (Å²) in [5.74, 6) is 0.0316. The van der Waals surface area contributed by atoms with Crippen molar-refractivity contribution in [3.8, 4) is 0 Å². The van der Waals surface area contributed by atoms with E-state index in [1.807, 2.05) is 0 Å². The molecule has 0 spiro atoms. The molecule has 1 unspecified atom stereocenters. The van der Waals surface area contributed by atoms with Crippen LogP contribution in [-0.4, -0.2) is 67.0 Å². The zero-order chi connectivity index (χ0) is 14.8. The Morgan fingerprint density at radius 2 is 2.00 bits per heavy atom. The Hall–Kier alpha value is -0.720. The van der Waals surface area contributed by atoms with Crippen molar-refractivity contribution in [3.63, 3.8) is 0 Å². The molecule has 1 aliphatic heterocycles. The third-order valence-corrected chi connectivity index (χ3v) is 5.23. The lowest BCUT2D eigenvalue weighted by atomic mass is 9.85. The fraction of sp³-hybridized carbons (Fsp3) is 0.857. The van der Waals surface area contributed by atoms with Gasteiger partial charge in [0.25, 0.3) is 0 Å². The van der Waals surface area contributed by atoms with Crippen molar-refractivity contribution >= 4 is 23.1 Å². The van der Waals surface area contributed by atoms with Crippen LogP contribution in [0.25, 0.3) is 0 Å². The predicted molar refractivity (Wildman–Crippen MR) is 84.6 cm³/mol. The molecule has 0 radical (unpaired) electrons. The lowest BCUT2D eigenvalue weighted by molar-refractivity contribution is -0.127. The van der Waals surface area contributed by atoms with Gasteiger partial charge in [0.1, 0.15) is 0 Å². The summed E-state index contributed by atoms with van der Waals surface area (Å²) in [4.78, 5) is 17.5. The first kappa shape index (κ1) is 15.7. The summed E-state index contributed by atoms with van der Waals surface area (Å²) >= 11 is 5.15. The van der Waals surface area contributed by atoms with Crippen LogP contribution >= 0.6 is 12.2 Å². The Bertz CT molecular complexity index is 381. The van der Waals surface area contributed by atoms with Gasteiger partial charge in [0, 0.05) is 32.2 Å². The fourth-order valence-electron chi connectivity index (χ4n) is 3.27. The summed E-state index contributed by atoms with van der Waals surface area (Å²) in [6.45, 7) is 3.77. The van der Waals surface area contributed by atoms with E-state index >= 15 is 0 Å². The number of likely N-dealkylation sites (N-methyl/N-ethyl adjacent to an activating group) is 2. The van der Waals surface area contributed by atoms with Crippen LogP contribution in [0.1, 0.15) is 25.7 Å². The van der Waals surface area contributed by atoms with Crippen molar-refractivity contribution in [2.24, 2.45) is 11.1 Å². The highest BCUT2D eigenvalue weighted by atomic mass is 32.1. The normalized spacial score (nSPS) is 27.4. The first-order valence-electron chi connectivity index (χ1n) is 7.43. The zero-order valence-electron chi connectivity index (χ0n) is 12.5. The maximum Gasteiger partial charge on any atom is 0.233 e. The first-order valence-corrected chi connectivity index (χ1v) is 7.83. The Morgan fingerprint density at radius 1 is 1.35 bits per heavy atom. The van der Waals surface area contributed by atoms with Gasteiger partial charge in [-0.3, -0.25) is 9.69 Å². The smallest absolute Gasteiger partial charge is 0.233 e. The van der Waals surface area contributed by atoms with Crippen LogP contribution in [0.3, 0.4) is 0 Å². The van der Waals surface area contributed by atoms with E-state index in [0.717, 1.165) is 45.3 Å². The molecule has 1 amide bonds. The van der Waals surface area contributed by atoms with Crippen LogP contribution in [0, 0.1) is 5.41 Å². The van der Waals surface area contributed by atoms with E-state index in [-0.39, 0.29) is 5.91 Å². The highest BCUT2D eigenvalue weighted by molar-refractivity contribution is 7.80. The number of carbonyl (C=O) groups is 1. The Labute approximate surface area is 126 Å². The number of hydrogen-bond acceptors (Lipinski definition) is 4. The van der Waals surface area contributed by atoms with Crippen molar-refractivity contribution in [1.82, 2.24) is 15.1 Å². The molecule has 20 heavy (non-hydrogen) atoms. The SMILES string of the molecule is CN1CCN(C)C(CNC(=O)C2(C(N)=S)CCCC2)C1. The minimum absolute atomic E-state index is 0.0316. The molecule has 0 aromatic heterocycles. The lowest BCUT2D eigenvalue weighted by Gasteiger charge is -2.38. The monoisotopic (exact) mass is 298 g/mol. The second-order valence-electron chi connectivity index (χ2n) is 6.26. The summed E-state index contributed by atoms with van der Waals surface area (Å²) < 4.78 is 0. The molecule has 1 saturated carbocycles. The molecule has 3 N–H and O–H groups in total. The number of thiocarbonyl (C=S) groups is 1.